The number of amides is 1. The van der Waals surface area contributed by atoms with Gasteiger partial charge in [0.2, 0.25) is 5.91 Å². The van der Waals surface area contributed by atoms with E-state index in [1.54, 1.807) is 0 Å². The molecule has 5 heteroatoms. The second-order valence-corrected chi connectivity index (χ2v) is 6.85. The maximum absolute atomic E-state index is 12.5. The van der Waals surface area contributed by atoms with Crippen molar-refractivity contribution in [1.82, 2.24) is 5.32 Å². The maximum Gasteiger partial charge on any atom is 0.240 e. The molecule has 1 aliphatic rings. The summed E-state index contributed by atoms with van der Waals surface area (Å²) >= 11 is 6.11. The fraction of sp³-hybridized carbons (Fsp3) is 0.588. The number of ether oxygens (including phenoxy) is 1. The molecule has 2 rings (SSSR count). The van der Waals surface area contributed by atoms with E-state index in [4.69, 9.17) is 22.1 Å². The highest BCUT2D eigenvalue weighted by atomic mass is 35.5. The molecule has 1 fully saturated rings. The third kappa shape index (κ3) is 3.00. The van der Waals surface area contributed by atoms with Gasteiger partial charge in [0.05, 0.1) is 6.10 Å². The Hall–Kier alpha value is -1.10. The second-order valence-electron chi connectivity index (χ2n) is 6.44. The molecule has 2 unspecified atom stereocenters. The van der Waals surface area contributed by atoms with Crippen LogP contribution in [0.1, 0.15) is 32.8 Å². The summed E-state index contributed by atoms with van der Waals surface area (Å²) in [6, 6.07) is 7.65. The molecule has 122 valence electrons. The topological polar surface area (TPSA) is 64.3 Å². The Labute approximate surface area is 137 Å². The smallest absolute Gasteiger partial charge is 0.240 e. The van der Waals surface area contributed by atoms with Crippen LogP contribution in [0.25, 0.3) is 0 Å². The summed E-state index contributed by atoms with van der Waals surface area (Å²) in [6.07, 6.45) is 1.29. The standard InChI is InChI=1S/C17H25ClN2O2/c1-4-22-14-11-17(19,16(14,2)3)15(21)20-10-9-12-7-5-6-8-13(12)18/h5-8,14H,4,9-11,19H2,1-3H3,(H,20,21). The number of benzene rings is 1. The zero-order valence-electron chi connectivity index (χ0n) is 13.5. The summed E-state index contributed by atoms with van der Waals surface area (Å²) in [5, 5.41) is 3.66. The predicted octanol–water partition coefficient (Wildman–Crippen LogP) is 2.53. The second kappa shape index (κ2) is 6.57. The lowest BCUT2D eigenvalue weighted by Gasteiger charge is -2.57. The Kier molecular flexibility index (Phi) is 5.15. The molecule has 3 N–H and O–H groups in total. The number of hydrogen-bond donors (Lipinski definition) is 2. The molecule has 0 heterocycles. The van der Waals surface area contributed by atoms with Crippen LogP contribution in [0, 0.1) is 5.41 Å². The lowest BCUT2D eigenvalue weighted by atomic mass is 9.54. The Morgan fingerprint density at radius 1 is 1.45 bits per heavy atom. The molecule has 1 amide bonds. The van der Waals surface area contributed by atoms with Gasteiger partial charge in [-0.15, -0.1) is 0 Å². The van der Waals surface area contributed by atoms with Gasteiger partial charge in [-0.2, -0.15) is 0 Å². The van der Waals surface area contributed by atoms with Gasteiger partial charge in [0, 0.05) is 30.0 Å². The molecule has 0 aromatic heterocycles. The van der Waals surface area contributed by atoms with Crippen LogP contribution in [0.4, 0.5) is 0 Å². The Balaban J connectivity index is 1.89. The van der Waals surface area contributed by atoms with Gasteiger partial charge in [0.1, 0.15) is 5.54 Å². The summed E-state index contributed by atoms with van der Waals surface area (Å²) < 4.78 is 5.65. The van der Waals surface area contributed by atoms with E-state index in [1.165, 1.54) is 0 Å². The normalized spacial score (nSPS) is 26.3. The van der Waals surface area contributed by atoms with E-state index in [2.05, 4.69) is 5.32 Å². The molecule has 0 bridgehead atoms. The summed E-state index contributed by atoms with van der Waals surface area (Å²) in [5.41, 5.74) is 6.13. The van der Waals surface area contributed by atoms with Gasteiger partial charge in [-0.25, -0.2) is 0 Å². The van der Waals surface area contributed by atoms with Crippen molar-refractivity contribution in [3.05, 3.63) is 34.9 Å². The maximum atomic E-state index is 12.5. The fourth-order valence-corrected chi connectivity index (χ4v) is 3.22. The summed E-state index contributed by atoms with van der Waals surface area (Å²) in [7, 11) is 0. The van der Waals surface area contributed by atoms with E-state index in [9.17, 15) is 4.79 Å². The molecule has 1 saturated carbocycles. The van der Waals surface area contributed by atoms with Crippen LogP contribution in [-0.4, -0.2) is 30.7 Å². The van der Waals surface area contributed by atoms with Crippen molar-refractivity contribution in [3.63, 3.8) is 0 Å². The first-order valence-corrected chi connectivity index (χ1v) is 8.13. The van der Waals surface area contributed by atoms with Crippen molar-refractivity contribution in [2.75, 3.05) is 13.2 Å². The van der Waals surface area contributed by atoms with E-state index >= 15 is 0 Å². The van der Waals surface area contributed by atoms with Crippen molar-refractivity contribution in [2.24, 2.45) is 11.1 Å². The Bertz CT molecular complexity index is 547. The number of hydrogen-bond acceptors (Lipinski definition) is 3. The fourth-order valence-electron chi connectivity index (χ4n) is 2.99. The number of rotatable bonds is 6. The van der Waals surface area contributed by atoms with Gasteiger partial charge in [-0.1, -0.05) is 43.6 Å². The number of carbonyl (C=O) groups is 1. The third-order valence-corrected chi connectivity index (χ3v) is 5.24. The third-order valence-electron chi connectivity index (χ3n) is 4.87. The van der Waals surface area contributed by atoms with Crippen LogP contribution in [-0.2, 0) is 16.0 Å². The molecular weight excluding hydrogens is 300 g/mol. The number of nitrogens with one attached hydrogen (secondary N) is 1. The molecule has 22 heavy (non-hydrogen) atoms. The minimum Gasteiger partial charge on any atom is -0.378 e. The minimum absolute atomic E-state index is 0.0387. The molecule has 1 aliphatic carbocycles. The van der Waals surface area contributed by atoms with Gasteiger partial charge in [0.25, 0.3) is 0 Å². The van der Waals surface area contributed by atoms with Gasteiger partial charge >= 0.3 is 0 Å². The molecule has 1 aromatic rings. The van der Waals surface area contributed by atoms with Crippen LogP contribution < -0.4 is 11.1 Å². The first-order valence-electron chi connectivity index (χ1n) is 7.75. The zero-order chi connectivity index (χ0) is 16.4. The summed E-state index contributed by atoms with van der Waals surface area (Å²) in [4.78, 5) is 12.5. The van der Waals surface area contributed by atoms with E-state index in [0.717, 1.165) is 10.6 Å². The van der Waals surface area contributed by atoms with E-state index in [0.29, 0.717) is 26.0 Å². The Morgan fingerprint density at radius 3 is 2.73 bits per heavy atom. The first kappa shape index (κ1) is 17.3. The van der Waals surface area contributed by atoms with E-state index in [-0.39, 0.29) is 17.4 Å². The average Bonchev–Trinajstić information content (AvgIpc) is 2.48. The highest BCUT2D eigenvalue weighted by molar-refractivity contribution is 6.31. The van der Waals surface area contributed by atoms with Crippen LogP contribution in [0.15, 0.2) is 24.3 Å². The molecule has 0 spiro atoms. The quantitative estimate of drug-likeness (QED) is 0.845. The van der Waals surface area contributed by atoms with Crippen LogP contribution in [0.5, 0.6) is 0 Å². The van der Waals surface area contributed by atoms with Gasteiger partial charge in [-0.3, -0.25) is 4.79 Å². The molecule has 1 aromatic carbocycles. The molecule has 0 saturated heterocycles. The summed E-state index contributed by atoms with van der Waals surface area (Å²) in [6.45, 7) is 7.10. The molecule has 4 nitrogen and oxygen atoms in total. The molecule has 2 atom stereocenters. The van der Waals surface area contributed by atoms with Crippen LogP contribution in [0.3, 0.4) is 0 Å². The van der Waals surface area contributed by atoms with Gasteiger partial charge in [-0.05, 0) is 25.0 Å². The van der Waals surface area contributed by atoms with Crippen molar-refractivity contribution in [3.8, 4) is 0 Å². The van der Waals surface area contributed by atoms with Crippen molar-refractivity contribution in [2.45, 2.75) is 45.3 Å². The van der Waals surface area contributed by atoms with E-state index < -0.39 is 5.54 Å². The van der Waals surface area contributed by atoms with Gasteiger partial charge < -0.3 is 15.8 Å². The highest BCUT2D eigenvalue weighted by Gasteiger charge is 2.62. The first-order chi connectivity index (χ1) is 10.3. The zero-order valence-corrected chi connectivity index (χ0v) is 14.2. The number of carbonyl (C=O) groups excluding carboxylic acids is 1. The van der Waals surface area contributed by atoms with Crippen molar-refractivity contribution < 1.29 is 9.53 Å². The molecule has 0 radical (unpaired) electrons. The van der Waals surface area contributed by atoms with Crippen LogP contribution >= 0.6 is 11.6 Å². The average molecular weight is 325 g/mol. The summed E-state index contributed by atoms with van der Waals surface area (Å²) in [5.74, 6) is -0.111. The van der Waals surface area contributed by atoms with Crippen molar-refractivity contribution >= 4 is 17.5 Å². The van der Waals surface area contributed by atoms with E-state index in [1.807, 2.05) is 45.0 Å². The lowest BCUT2D eigenvalue weighted by Crippen LogP contribution is -2.75. The lowest BCUT2D eigenvalue weighted by molar-refractivity contribution is -0.170. The highest BCUT2D eigenvalue weighted by Crippen LogP contribution is 2.49. The largest absolute Gasteiger partial charge is 0.378 e. The molecular formula is C17H25ClN2O2. The predicted molar refractivity (Wildman–Crippen MR) is 88.9 cm³/mol. The molecule has 0 aliphatic heterocycles. The van der Waals surface area contributed by atoms with Crippen molar-refractivity contribution in [1.29, 1.82) is 0 Å². The SMILES string of the molecule is CCOC1CC(N)(C(=O)NCCc2ccccc2Cl)C1(C)C. The van der Waals surface area contributed by atoms with Crippen LogP contribution in [0.2, 0.25) is 5.02 Å². The number of halogens is 1. The minimum atomic E-state index is -0.868. The number of nitrogens with two attached hydrogens (primary N) is 1. The Morgan fingerprint density at radius 2 is 2.14 bits per heavy atom. The monoisotopic (exact) mass is 324 g/mol. The van der Waals surface area contributed by atoms with Gasteiger partial charge in [0.15, 0.2) is 0 Å².